The van der Waals surface area contributed by atoms with Crippen molar-refractivity contribution < 1.29 is 4.42 Å². The standard InChI is InChI=1S/C16H18N2O/c1-13-15(9-11-19-13)12-18(2)16(8-10-17)14-6-4-3-5-7-14/h3-7,9,11,16H,8,12H2,1-2H3. The lowest BCUT2D eigenvalue weighted by Gasteiger charge is -2.26. The lowest BCUT2D eigenvalue weighted by Crippen LogP contribution is -2.24. The first-order valence-electron chi connectivity index (χ1n) is 6.37. The van der Waals surface area contributed by atoms with Gasteiger partial charge in [-0.1, -0.05) is 30.3 Å². The predicted octanol–water partition coefficient (Wildman–Crippen LogP) is 3.67. The van der Waals surface area contributed by atoms with Crippen molar-refractivity contribution in [3.8, 4) is 6.07 Å². The number of benzene rings is 1. The van der Waals surface area contributed by atoms with Crippen LogP contribution in [0.1, 0.15) is 29.3 Å². The Kier molecular flexibility index (Phi) is 4.38. The minimum atomic E-state index is 0.112. The number of furan rings is 1. The molecular formula is C16H18N2O. The van der Waals surface area contributed by atoms with E-state index in [-0.39, 0.29) is 6.04 Å². The summed E-state index contributed by atoms with van der Waals surface area (Å²) in [6.45, 7) is 2.74. The average Bonchev–Trinajstić information content (AvgIpc) is 2.82. The van der Waals surface area contributed by atoms with E-state index >= 15 is 0 Å². The van der Waals surface area contributed by atoms with Crippen LogP contribution < -0.4 is 0 Å². The van der Waals surface area contributed by atoms with Crippen LogP contribution in [0.3, 0.4) is 0 Å². The third-order valence-electron chi connectivity index (χ3n) is 3.39. The van der Waals surface area contributed by atoms with Gasteiger partial charge in [0, 0.05) is 18.2 Å². The van der Waals surface area contributed by atoms with Crippen LogP contribution >= 0.6 is 0 Å². The van der Waals surface area contributed by atoms with Gasteiger partial charge in [-0.05, 0) is 25.6 Å². The van der Waals surface area contributed by atoms with Gasteiger partial charge in [-0.25, -0.2) is 0 Å². The molecule has 0 saturated heterocycles. The van der Waals surface area contributed by atoms with Gasteiger partial charge >= 0.3 is 0 Å². The van der Waals surface area contributed by atoms with Gasteiger partial charge < -0.3 is 4.42 Å². The number of rotatable bonds is 5. The van der Waals surface area contributed by atoms with Gasteiger partial charge in [0.2, 0.25) is 0 Å². The summed E-state index contributed by atoms with van der Waals surface area (Å²) in [6, 6.07) is 14.5. The van der Waals surface area contributed by atoms with Crippen molar-refractivity contribution in [1.29, 1.82) is 5.26 Å². The fraction of sp³-hybridized carbons (Fsp3) is 0.312. The molecule has 1 atom stereocenters. The van der Waals surface area contributed by atoms with Crippen LogP contribution in [0.25, 0.3) is 0 Å². The first-order valence-corrected chi connectivity index (χ1v) is 6.37. The summed E-state index contributed by atoms with van der Waals surface area (Å²) in [7, 11) is 2.04. The van der Waals surface area contributed by atoms with Crippen molar-refractivity contribution in [3.05, 3.63) is 59.5 Å². The molecule has 0 aliphatic rings. The Bertz CT molecular complexity index is 554. The van der Waals surface area contributed by atoms with Crippen LogP contribution in [-0.4, -0.2) is 11.9 Å². The molecule has 1 unspecified atom stereocenters. The van der Waals surface area contributed by atoms with E-state index in [2.05, 4.69) is 23.1 Å². The number of hydrogen-bond donors (Lipinski definition) is 0. The maximum atomic E-state index is 9.03. The molecule has 0 saturated carbocycles. The highest BCUT2D eigenvalue weighted by Crippen LogP contribution is 2.25. The number of hydrogen-bond acceptors (Lipinski definition) is 3. The predicted molar refractivity (Wildman–Crippen MR) is 74.3 cm³/mol. The molecule has 0 amide bonds. The molecule has 2 aromatic rings. The van der Waals surface area contributed by atoms with Crippen molar-refractivity contribution in [1.82, 2.24) is 4.90 Å². The largest absolute Gasteiger partial charge is 0.469 e. The molecule has 98 valence electrons. The molecule has 3 heteroatoms. The molecule has 3 nitrogen and oxygen atoms in total. The van der Waals surface area contributed by atoms with Crippen molar-refractivity contribution >= 4 is 0 Å². The number of aryl methyl sites for hydroxylation is 1. The van der Waals surface area contributed by atoms with Gasteiger partial charge in [-0.2, -0.15) is 5.26 Å². The van der Waals surface area contributed by atoms with Crippen molar-refractivity contribution in [2.24, 2.45) is 0 Å². The zero-order valence-electron chi connectivity index (χ0n) is 11.3. The molecule has 0 aliphatic carbocycles. The van der Waals surface area contributed by atoms with E-state index in [0.29, 0.717) is 6.42 Å². The third kappa shape index (κ3) is 3.24. The first-order chi connectivity index (χ1) is 9.22. The number of nitriles is 1. The van der Waals surface area contributed by atoms with Crippen LogP contribution in [0.4, 0.5) is 0 Å². The maximum Gasteiger partial charge on any atom is 0.105 e. The molecule has 1 heterocycles. The van der Waals surface area contributed by atoms with E-state index in [1.54, 1.807) is 6.26 Å². The van der Waals surface area contributed by atoms with Crippen molar-refractivity contribution in [3.63, 3.8) is 0 Å². The van der Waals surface area contributed by atoms with E-state index in [1.807, 2.05) is 38.2 Å². The summed E-state index contributed by atoms with van der Waals surface area (Å²) < 4.78 is 5.32. The minimum Gasteiger partial charge on any atom is -0.469 e. The van der Waals surface area contributed by atoms with Crippen molar-refractivity contribution in [2.45, 2.75) is 25.9 Å². The quantitative estimate of drug-likeness (QED) is 0.817. The normalized spacial score (nSPS) is 12.3. The van der Waals surface area contributed by atoms with Gasteiger partial charge in [0.15, 0.2) is 0 Å². The van der Waals surface area contributed by atoms with Crippen LogP contribution in [-0.2, 0) is 6.54 Å². The van der Waals surface area contributed by atoms with Crippen molar-refractivity contribution in [2.75, 3.05) is 7.05 Å². The van der Waals surface area contributed by atoms with Gasteiger partial charge in [0.25, 0.3) is 0 Å². The molecule has 19 heavy (non-hydrogen) atoms. The molecular weight excluding hydrogens is 236 g/mol. The zero-order chi connectivity index (χ0) is 13.7. The molecule has 0 radical (unpaired) electrons. The van der Waals surface area contributed by atoms with E-state index in [1.165, 1.54) is 11.1 Å². The van der Waals surface area contributed by atoms with E-state index < -0.39 is 0 Å². The summed E-state index contributed by atoms with van der Waals surface area (Å²) in [5, 5.41) is 9.03. The highest BCUT2D eigenvalue weighted by molar-refractivity contribution is 5.21. The topological polar surface area (TPSA) is 40.2 Å². The Morgan fingerprint density at radius 2 is 2.00 bits per heavy atom. The van der Waals surface area contributed by atoms with Crippen LogP contribution in [0.2, 0.25) is 0 Å². The van der Waals surface area contributed by atoms with Gasteiger partial charge in [0.1, 0.15) is 5.76 Å². The molecule has 0 fully saturated rings. The van der Waals surface area contributed by atoms with Crippen LogP contribution in [0.5, 0.6) is 0 Å². The summed E-state index contributed by atoms with van der Waals surface area (Å²) >= 11 is 0. The molecule has 1 aromatic carbocycles. The summed E-state index contributed by atoms with van der Waals surface area (Å²) in [5.74, 6) is 0.940. The molecule has 0 aliphatic heterocycles. The summed E-state index contributed by atoms with van der Waals surface area (Å²) in [6.07, 6.45) is 2.19. The lowest BCUT2D eigenvalue weighted by molar-refractivity contribution is 0.238. The van der Waals surface area contributed by atoms with Crippen LogP contribution in [0.15, 0.2) is 47.1 Å². The highest BCUT2D eigenvalue weighted by Gasteiger charge is 2.17. The summed E-state index contributed by atoms with van der Waals surface area (Å²) in [5.41, 5.74) is 2.34. The Morgan fingerprint density at radius 3 is 2.58 bits per heavy atom. The Hall–Kier alpha value is -2.05. The van der Waals surface area contributed by atoms with E-state index in [4.69, 9.17) is 9.68 Å². The fourth-order valence-electron chi connectivity index (χ4n) is 2.24. The monoisotopic (exact) mass is 254 g/mol. The second-order valence-electron chi connectivity index (χ2n) is 4.71. The Morgan fingerprint density at radius 1 is 1.26 bits per heavy atom. The number of nitrogens with zero attached hydrogens (tertiary/aromatic N) is 2. The van der Waals surface area contributed by atoms with E-state index in [9.17, 15) is 0 Å². The van der Waals surface area contributed by atoms with Gasteiger partial charge in [0.05, 0.1) is 18.8 Å². The first kappa shape index (κ1) is 13.4. The van der Waals surface area contributed by atoms with Gasteiger partial charge in [-0.3, -0.25) is 4.90 Å². The zero-order valence-corrected chi connectivity index (χ0v) is 11.3. The second kappa shape index (κ2) is 6.21. The molecule has 0 bridgehead atoms. The fourth-order valence-corrected chi connectivity index (χ4v) is 2.24. The lowest BCUT2D eigenvalue weighted by atomic mass is 10.0. The molecule has 0 N–H and O–H groups in total. The minimum absolute atomic E-state index is 0.112. The van der Waals surface area contributed by atoms with Gasteiger partial charge in [-0.15, -0.1) is 0 Å². The maximum absolute atomic E-state index is 9.03. The Balaban J connectivity index is 2.16. The molecule has 1 aromatic heterocycles. The third-order valence-corrected chi connectivity index (χ3v) is 3.39. The SMILES string of the molecule is Cc1occc1CN(C)C(CC#N)c1ccccc1. The summed E-state index contributed by atoms with van der Waals surface area (Å²) in [4.78, 5) is 2.19. The van der Waals surface area contributed by atoms with Crippen LogP contribution in [0, 0.1) is 18.3 Å². The second-order valence-corrected chi connectivity index (χ2v) is 4.71. The smallest absolute Gasteiger partial charge is 0.105 e. The van der Waals surface area contributed by atoms with E-state index in [0.717, 1.165) is 12.3 Å². The molecule has 0 spiro atoms. The average molecular weight is 254 g/mol. The highest BCUT2D eigenvalue weighted by atomic mass is 16.3. The molecule has 2 rings (SSSR count). The Labute approximate surface area is 114 Å².